The standard InChI is InChI=1S/C19H32N4S/c1-5-20-18(21-15-19(2,3)24-4)22-16-11-13-23(14-12-16)17-9-7-6-8-10-17/h6-10,16H,5,11-15H2,1-4H3,(H2,20,21,22). The predicted molar refractivity (Wildman–Crippen MR) is 108 cm³/mol. The summed E-state index contributed by atoms with van der Waals surface area (Å²) in [6, 6.07) is 11.2. The van der Waals surface area contributed by atoms with Crippen LogP contribution in [0.25, 0.3) is 0 Å². The molecule has 1 aliphatic rings. The maximum Gasteiger partial charge on any atom is 0.191 e. The SMILES string of the molecule is CCNC(=NCC(C)(C)SC)NC1CCN(c2ccccc2)CC1. The van der Waals surface area contributed by atoms with Crippen molar-refractivity contribution in [3.8, 4) is 0 Å². The lowest BCUT2D eigenvalue weighted by molar-refractivity contribution is 0.461. The molecule has 0 aromatic heterocycles. The second-order valence-corrected chi connectivity index (χ2v) is 8.41. The number of benzene rings is 1. The molecule has 134 valence electrons. The Morgan fingerprint density at radius 1 is 1.25 bits per heavy atom. The Balaban J connectivity index is 1.87. The van der Waals surface area contributed by atoms with Gasteiger partial charge in [0.25, 0.3) is 0 Å². The lowest BCUT2D eigenvalue weighted by Gasteiger charge is -2.34. The zero-order valence-electron chi connectivity index (χ0n) is 15.5. The molecule has 0 saturated carbocycles. The Morgan fingerprint density at radius 2 is 1.92 bits per heavy atom. The molecular weight excluding hydrogens is 316 g/mol. The third-order valence-corrected chi connectivity index (χ3v) is 5.71. The van der Waals surface area contributed by atoms with Crippen molar-refractivity contribution in [1.82, 2.24) is 10.6 Å². The summed E-state index contributed by atoms with van der Waals surface area (Å²) in [7, 11) is 0. The van der Waals surface area contributed by atoms with Crippen LogP contribution in [0.15, 0.2) is 35.3 Å². The van der Waals surface area contributed by atoms with Crippen molar-refractivity contribution in [2.75, 3.05) is 37.3 Å². The van der Waals surface area contributed by atoms with Crippen LogP contribution < -0.4 is 15.5 Å². The molecule has 24 heavy (non-hydrogen) atoms. The van der Waals surface area contributed by atoms with E-state index < -0.39 is 0 Å². The van der Waals surface area contributed by atoms with E-state index >= 15 is 0 Å². The highest BCUT2D eigenvalue weighted by molar-refractivity contribution is 7.99. The van der Waals surface area contributed by atoms with Gasteiger partial charge in [-0.3, -0.25) is 4.99 Å². The van der Waals surface area contributed by atoms with Crippen molar-refractivity contribution in [2.24, 2.45) is 4.99 Å². The third-order valence-electron chi connectivity index (χ3n) is 4.47. The first-order valence-corrected chi connectivity index (χ1v) is 10.2. The zero-order chi connectivity index (χ0) is 17.4. The van der Waals surface area contributed by atoms with E-state index in [1.165, 1.54) is 5.69 Å². The third kappa shape index (κ3) is 5.93. The van der Waals surface area contributed by atoms with E-state index in [1.807, 2.05) is 11.8 Å². The number of rotatable bonds is 6. The molecule has 0 bridgehead atoms. The lowest BCUT2D eigenvalue weighted by Crippen LogP contribution is -2.49. The van der Waals surface area contributed by atoms with Crippen molar-refractivity contribution in [3.05, 3.63) is 30.3 Å². The summed E-state index contributed by atoms with van der Waals surface area (Å²) >= 11 is 1.86. The van der Waals surface area contributed by atoms with Crippen LogP contribution >= 0.6 is 11.8 Å². The number of hydrogen-bond acceptors (Lipinski definition) is 3. The van der Waals surface area contributed by atoms with E-state index in [4.69, 9.17) is 4.99 Å². The molecule has 1 aromatic carbocycles. The summed E-state index contributed by atoms with van der Waals surface area (Å²) in [5, 5.41) is 7.01. The molecular formula is C19H32N4S. The first-order chi connectivity index (χ1) is 11.5. The smallest absolute Gasteiger partial charge is 0.191 e. The van der Waals surface area contributed by atoms with Gasteiger partial charge in [0.2, 0.25) is 0 Å². The number of aliphatic imine (C=N–C) groups is 1. The van der Waals surface area contributed by atoms with Crippen LogP contribution in [0.3, 0.4) is 0 Å². The maximum absolute atomic E-state index is 4.79. The molecule has 4 nitrogen and oxygen atoms in total. The van der Waals surface area contributed by atoms with Crippen molar-refractivity contribution < 1.29 is 0 Å². The molecule has 1 saturated heterocycles. The van der Waals surface area contributed by atoms with Crippen LogP contribution in [-0.4, -0.2) is 49.2 Å². The molecule has 1 heterocycles. The summed E-state index contributed by atoms with van der Waals surface area (Å²) in [5.41, 5.74) is 1.33. The van der Waals surface area contributed by atoms with Gasteiger partial charge in [-0.25, -0.2) is 0 Å². The van der Waals surface area contributed by atoms with Gasteiger partial charge >= 0.3 is 0 Å². The molecule has 2 rings (SSSR count). The maximum atomic E-state index is 4.79. The van der Waals surface area contributed by atoms with E-state index in [2.05, 4.69) is 72.9 Å². The number of nitrogens with one attached hydrogen (secondary N) is 2. The minimum atomic E-state index is 0.180. The van der Waals surface area contributed by atoms with Crippen molar-refractivity contribution >= 4 is 23.4 Å². The average Bonchev–Trinajstić information content (AvgIpc) is 2.61. The van der Waals surface area contributed by atoms with Gasteiger partial charge < -0.3 is 15.5 Å². The molecule has 0 aliphatic carbocycles. The van der Waals surface area contributed by atoms with E-state index in [-0.39, 0.29) is 4.75 Å². The predicted octanol–water partition coefficient (Wildman–Crippen LogP) is 3.35. The fourth-order valence-electron chi connectivity index (χ4n) is 2.77. The van der Waals surface area contributed by atoms with Gasteiger partial charge in [-0.1, -0.05) is 18.2 Å². The Hall–Kier alpha value is -1.36. The molecule has 0 radical (unpaired) electrons. The second kappa shape index (κ2) is 9.21. The van der Waals surface area contributed by atoms with Crippen LogP contribution in [0.1, 0.15) is 33.6 Å². The van der Waals surface area contributed by atoms with Crippen molar-refractivity contribution in [2.45, 2.75) is 44.4 Å². The number of para-hydroxylation sites is 1. The monoisotopic (exact) mass is 348 g/mol. The molecule has 0 amide bonds. The van der Waals surface area contributed by atoms with Gasteiger partial charge in [-0.05, 0) is 52.0 Å². The number of thioether (sulfide) groups is 1. The van der Waals surface area contributed by atoms with E-state index in [1.54, 1.807) is 0 Å². The largest absolute Gasteiger partial charge is 0.371 e. The quantitative estimate of drug-likeness (QED) is 0.611. The molecule has 2 N–H and O–H groups in total. The second-order valence-electron chi connectivity index (χ2n) is 6.90. The highest BCUT2D eigenvalue weighted by Crippen LogP contribution is 2.21. The van der Waals surface area contributed by atoms with Gasteiger partial charge in [0.1, 0.15) is 0 Å². The van der Waals surface area contributed by atoms with E-state index in [0.29, 0.717) is 6.04 Å². The summed E-state index contributed by atoms with van der Waals surface area (Å²) < 4.78 is 0.180. The van der Waals surface area contributed by atoms with Gasteiger partial charge in [0, 0.05) is 36.1 Å². The van der Waals surface area contributed by atoms with Gasteiger partial charge in [0.15, 0.2) is 5.96 Å². The molecule has 1 aliphatic heterocycles. The van der Waals surface area contributed by atoms with Gasteiger partial charge in [0.05, 0.1) is 6.54 Å². The molecule has 0 spiro atoms. The summed E-state index contributed by atoms with van der Waals surface area (Å²) in [5.74, 6) is 0.956. The highest BCUT2D eigenvalue weighted by Gasteiger charge is 2.21. The van der Waals surface area contributed by atoms with E-state index in [0.717, 1.165) is 45.0 Å². The molecule has 1 fully saturated rings. The fourth-order valence-corrected chi connectivity index (χ4v) is 2.96. The van der Waals surface area contributed by atoms with Crippen LogP contribution in [0.5, 0.6) is 0 Å². The molecule has 1 aromatic rings. The highest BCUT2D eigenvalue weighted by atomic mass is 32.2. The van der Waals surface area contributed by atoms with Crippen LogP contribution in [0, 0.1) is 0 Å². The number of anilines is 1. The number of hydrogen-bond donors (Lipinski definition) is 2. The lowest BCUT2D eigenvalue weighted by atomic mass is 10.0. The Kier molecular flexibility index (Phi) is 7.28. The minimum absolute atomic E-state index is 0.180. The number of nitrogens with zero attached hydrogens (tertiary/aromatic N) is 2. The Labute approximate surface area is 151 Å². The molecule has 0 unspecified atom stereocenters. The first kappa shape index (κ1) is 19.0. The first-order valence-electron chi connectivity index (χ1n) is 8.94. The van der Waals surface area contributed by atoms with Crippen LogP contribution in [0.2, 0.25) is 0 Å². The number of guanidine groups is 1. The summed E-state index contributed by atoms with van der Waals surface area (Å²) in [6.07, 6.45) is 4.44. The van der Waals surface area contributed by atoms with E-state index in [9.17, 15) is 0 Å². The number of piperidine rings is 1. The summed E-state index contributed by atoms with van der Waals surface area (Å²) in [4.78, 5) is 7.26. The average molecular weight is 349 g/mol. The van der Waals surface area contributed by atoms with Crippen molar-refractivity contribution in [1.29, 1.82) is 0 Å². The van der Waals surface area contributed by atoms with Gasteiger partial charge in [-0.2, -0.15) is 11.8 Å². The molecule has 5 heteroatoms. The topological polar surface area (TPSA) is 39.7 Å². The van der Waals surface area contributed by atoms with Crippen LogP contribution in [-0.2, 0) is 0 Å². The molecule has 0 atom stereocenters. The Bertz CT molecular complexity index is 507. The Morgan fingerprint density at radius 3 is 2.50 bits per heavy atom. The van der Waals surface area contributed by atoms with Crippen LogP contribution in [0.4, 0.5) is 5.69 Å². The minimum Gasteiger partial charge on any atom is -0.371 e. The van der Waals surface area contributed by atoms with Gasteiger partial charge in [-0.15, -0.1) is 0 Å². The normalized spacial score (nSPS) is 17.0. The van der Waals surface area contributed by atoms with Crippen molar-refractivity contribution in [3.63, 3.8) is 0 Å². The summed E-state index contributed by atoms with van der Waals surface area (Å²) in [6.45, 7) is 10.5. The zero-order valence-corrected chi connectivity index (χ0v) is 16.3. The fraction of sp³-hybridized carbons (Fsp3) is 0.632.